The molecule has 3 N–H and O–H groups in total. The molecule has 19 heavy (non-hydrogen) atoms. The highest BCUT2D eigenvalue weighted by Crippen LogP contribution is 2.27. The van der Waals surface area contributed by atoms with Crippen molar-refractivity contribution in [2.24, 2.45) is 0 Å². The summed E-state index contributed by atoms with van der Waals surface area (Å²) >= 11 is 4.74. The predicted octanol–water partition coefficient (Wildman–Crippen LogP) is 2.93. The third-order valence-electron chi connectivity index (χ3n) is 2.60. The number of H-pyrrole nitrogens is 2. The molecule has 2 aromatic heterocycles. The second kappa shape index (κ2) is 4.67. The van der Waals surface area contributed by atoms with Gasteiger partial charge >= 0.3 is 5.69 Å². The minimum atomic E-state index is -0.274. The average Bonchev–Trinajstić information content (AvgIpc) is 2.97. The van der Waals surface area contributed by atoms with Crippen LogP contribution >= 0.6 is 27.3 Å². The normalized spacial score (nSPS) is 10.8. The Balaban J connectivity index is 1.98. The third kappa shape index (κ3) is 2.34. The van der Waals surface area contributed by atoms with Gasteiger partial charge in [0.25, 0.3) is 5.91 Å². The molecule has 2 heterocycles. The molecule has 0 radical (unpaired) electrons. The van der Waals surface area contributed by atoms with Crippen molar-refractivity contribution in [2.75, 3.05) is 5.32 Å². The molecule has 0 atom stereocenters. The Kier molecular flexibility index (Phi) is 3.00. The molecular formula is C12H8BrN3O2S. The number of hydrogen-bond donors (Lipinski definition) is 3. The van der Waals surface area contributed by atoms with E-state index in [0.717, 1.165) is 0 Å². The Bertz CT molecular complexity index is 804. The van der Waals surface area contributed by atoms with Crippen LogP contribution in [-0.4, -0.2) is 15.9 Å². The molecule has 0 bridgehead atoms. The largest absolute Gasteiger partial charge is 0.323 e. The van der Waals surface area contributed by atoms with E-state index >= 15 is 0 Å². The van der Waals surface area contributed by atoms with Gasteiger partial charge in [-0.3, -0.25) is 4.79 Å². The van der Waals surface area contributed by atoms with Crippen molar-refractivity contribution in [1.29, 1.82) is 0 Å². The SMILES string of the molecule is O=C(Nc1cc2[nH]c(=O)[nH]c2cc1Br)c1cccs1. The molecule has 0 spiro atoms. The number of amides is 1. The molecule has 1 aromatic carbocycles. The van der Waals surface area contributed by atoms with Crippen LogP contribution in [0, 0.1) is 0 Å². The van der Waals surface area contributed by atoms with Crippen LogP contribution in [0.15, 0.2) is 38.9 Å². The number of benzene rings is 1. The Morgan fingerprint density at radius 3 is 2.68 bits per heavy atom. The van der Waals surface area contributed by atoms with E-state index < -0.39 is 0 Å². The summed E-state index contributed by atoms with van der Waals surface area (Å²) in [7, 11) is 0. The van der Waals surface area contributed by atoms with Crippen molar-refractivity contribution >= 4 is 49.9 Å². The minimum Gasteiger partial charge on any atom is -0.320 e. The summed E-state index contributed by atoms with van der Waals surface area (Å²) in [5.41, 5.74) is 1.67. The number of aromatic amines is 2. The molecular weight excluding hydrogens is 330 g/mol. The zero-order chi connectivity index (χ0) is 13.4. The van der Waals surface area contributed by atoms with E-state index in [-0.39, 0.29) is 11.6 Å². The van der Waals surface area contributed by atoms with Gasteiger partial charge in [-0.05, 0) is 39.5 Å². The number of anilines is 1. The van der Waals surface area contributed by atoms with Gasteiger partial charge in [0.05, 0.1) is 21.6 Å². The van der Waals surface area contributed by atoms with Crippen molar-refractivity contribution in [1.82, 2.24) is 9.97 Å². The van der Waals surface area contributed by atoms with Gasteiger partial charge in [-0.2, -0.15) is 0 Å². The summed E-state index contributed by atoms with van der Waals surface area (Å²) in [4.78, 5) is 29.1. The lowest BCUT2D eigenvalue weighted by atomic mass is 10.2. The predicted molar refractivity (Wildman–Crippen MR) is 78.9 cm³/mol. The maximum absolute atomic E-state index is 12.0. The van der Waals surface area contributed by atoms with E-state index in [4.69, 9.17) is 0 Å². The standard InChI is InChI=1S/C12H8BrN3O2S/c13-6-4-8-9(16-12(18)15-8)5-7(6)14-11(17)10-2-1-3-19-10/h1-5H,(H,14,17)(H2,15,16,18). The van der Waals surface area contributed by atoms with Crippen molar-refractivity contribution < 1.29 is 4.79 Å². The summed E-state index contributed by atoms with van der Waals surface area (Å²) < 4.78 is 0.708. The summed E-state index contributed by atoms with van der Waals surface area (Å²) in [5.74, 6) is -0.173. The number of imidazole rings is 1. The molecule has 0 aliphatic heterocycles. The highest BCUT2D eigenvalue weighted by Gasteiger charge is 2.11. The van der Waals surface area contributed by atoms with Crippen molar-refractivity contribution in [3.63, 3.8) is 0 Å². The van der Waals surface area contributed by atoms with Gasteiger partial charge in [0, 0.05) is 4.47 Å². The first kappa shape index (κ1) is 12.2. The quantitative estimate of drug-likeness (QED) is 0.672. The second-order valence-corrected chi connectivity index (χ2v) is 5.69. The first-order chi connectivity index (χ1) is 9.13. The number of hydrogen-bond acceptors (Lipinski definition) is 3. The van der Waals surface area contributed by atoms with Crippen LogP contribution in [0.3, 0.4) is 0 Å². The zero-order valence-electron chi connectivity index (χ0n) is 9.49. The van der Waals surface area contributed by atoms with E-state index in [1.165, 1.54) is 11.3 Å². The van der Waals surface area contributed by atoms with Crippen LogP contribution in [0.25, 0.3) is 11.0 Å². The third-order valence-corrected chi connectivity index (χ3v) is 4.12. The molecule has 3 rings (SSSR count). The van der Waals surface area contributed by atoms with Crippen molar-refractivity contribution in [2.45, 2.75) is 0 Å². The maximum atomic E-state index is 12.0. The van der Waals surface area contributed by atoms with E-state index in [2.05, 4.69) is 31.2 Å². The lowest BCUT2D eigenvalue weighted by Crippen LogP contribution is -2.10. The van der Waals surface area contributed by atoms with Crippen molar-refractivity contribution in [3.8, 4) is 0 Å². The minimum absolute atomic E-state index is 0.173. The van der Waals surface area contributed by atoms with Gasteiger partial charge in [-0.1, -0.05) is 6.07 Å². The number of carbonyl (C=O) groups excluding carboxylic acids is 1. The summed E-state index contributed by atoms with van der Waals surface area (Å²) in [6, 6.07) is 7.03. The van der Waals surface area contributed by atoms with E-state index in [1.807, 2.05) is 11.4 Å². The Hall–Kier alpha value is -1.86. The van der Waals surface area contributed by atoms with E-state index in [0.29, 0.717) is 26.1 Å². The lowest BCUT2D eigenvalue weighted by molar-refractivity contribution is 0.103. The average molecular weight is 338 g/mol. The molecule has 0 unspecified atom stereocenters. The molecule has 3 aromatic rings. The van der Waals surface area contributed by atoms with Crippen LogP contribution < -0.4 is 11.0 Å². The van der Waals surface area contributed by atoms with Crippen molar-refractivity contribution in [3.05, 3.63) is 49.5 Å². The van der Waals surface area contributed by atoms with Gasteiger partial charge < -0.3 is 15.3 Å². The number of thiophene rings is 1. The Labute approximate surface area is 119 Å². The Morgan fingerprint density at radius 2 is 2.00 bits per heavy atom. The summed E-state index contributed by atoms with van der Waals surface area (Å²) in [6.45, 7) is 0. The van der Waals surface area contributed by atoms with Crippen LogP contribution in [0.5, 0.6) is 0 Å². The van der Waals surface area contributed by atoms with Gasteiger partial charge in [0.1, 0.15) is 0 Å². The van der Waals surface area contributed by atoms with E-state index in [9.17, 15) is 9.59 Å². The Morgan fingerprint density at radius 1 is 1.26 bits per heavy atom. The highest BCUT2D eigenvalue weighted by molar-refractivity contribution is 9.10. The first-order valence-corrected chi connectivity index (χ1v) is 7.07. The fourth-order valence-electron chi connectivity index (χ4n) is 1.74. The van der Waals surface area contributed by atoms with Crippen LogP contribution in [0.2, 0.25) is 0 Å². The molecule has 0 fully saturated rings. The fraction of sp³-hybridized carbons (Fsp3) is 0. The van der Waals surface area contributed by atoms with Crippen LogP contribution in [-0.2, 0) is 0 Å². The van der Waals surface area contributed by atoms with Gasteiger partial charge in [-0.25, -0.2) is 4.79 Å². The topological polar surface area (TPSA) is 77.8 Å². The first-order valence-electron chi connectivity index (χ1n) is 5.40. The molecule has 96 valence electrons. The number of halogens is 1. The van der Waals surface area contributed by atoms with Crippen LogP contribution in [0.4, 0.5) is 5.69 Å². The molecule has 0 saturated carbocycles. The molecule has 0 aliphatic carbocycles. The van der Waals surface area contributed by atoms with Crippen LogP contribution in [0.1, 0.15) is 9.67 Å². The molecule has 0 saturated heterocycles. The summed E-state index contributed by atoms with van der Waals surface area (Å²) in [5, 5.41) is 4.65. The van der Waals surface area contributed by atoms with E-state index in [1.54, 1.807) is 18.2 Å². The number of fused-ring (bicyclic) bond motifs is 1. The molecule has 1 amide bonds. The zero-order valence-corrected chi connectivity index (χ0v) is 11.9. The number of nitrogens with one attached hydrogen (secondary N) is 3. The molecule has 0 aliphatic rings. The number of rotatable bonds is 2. The smallest absolute Gasteiger partial charge is 0.320 e. The number of carbonyl (C=O) groups is 1. The van der Waals surface area contributed by atoms with Gasteiger partial charge in [0.15, 0.2) is 0 Å². The fourth-order valence-corrected chi connectivity index (χ4v) is 2.80. The maximum Gasteiger partial charge on any atom is 0.323 e. The lowest BCUT2D eigenvalue weighted by Gasteiger charge is -2.06. The number of aromatic nitrogens is 2. The molecule has 7 heteroatoms. The molecule has 5 nitrogen and oxygen atoms in total. The second-order valence-electron chi connectivity index (χ2n) is 3.89. The highest BCUT2D eigenvalue weighted by atomic mass is 79.9. The monoisotopic (exact) mass is 337 g/mol. The summed E-state index contributed by atoms with van der Waals surface area (Å²) in [6.07, 6.45) is 0. The van der Waals surface area contributed by atoms with Gasteiger partial charge in [0.2, 0.25) is 0 Å². The van der Waals surface area contributed by atoms with Gasteiger partial charge in [-0.15, -0.1) is 11.3 Å².